The summed E-state index contributed by atoms with van der Waals surface area (Å²) in [4.78, 5) is 23.9. The zero-order valence-electron chi connectivity index (χ0n) is 14.5. The molecule has 2 rings (SSSR count). The molecule has 7 heteroatoms. The van der Waals surface area contributed by atoms with E-state index in [9.17, 15) is 14.0 Å². The Morgan fingerprint density at radius 1 is 1.12 bits per heavy atom. The van der Waals surface area contributed by atoms with Gasteiger partial charge in [0, 0.05) is 31.5 Å². The summed E-state index contributed by atoms with van der Waals surface area (Å²) in [6.45, 7) is 1.69. The summed E-state index contributed by atoms with van der Waals surface area (Å²) >= 11 is 0. The van der Waals surface area contributed by atoms with Gasteiger partial charge in [-0.2, -0.15) is 0 Å². The van der Waals surface area contributed by atoms with E-state index >= 15 is 0 Å². The predicted molar refractivity (Wildman–Crippen MR) is 97.4 cm³/mol. The number of ether oxygens (including phenoxy) is 1. The number of carbonyl (C=O) groups is 2. The Balaban J connectivity index is 1.85. The molecule has 3 N–H and O–H groups in total. The van der Waals surface area contributed by atoms with E-state index in [0.717, 1.165) is 5.56 Å². The molecule has 0 aliphatic rings. The average Bonchev–Trinajstić information content (AvgIpc) is 2.64. The molecule has 0 saturated heterocycles. The van der Waals surface area contributed by atoms with Crippen molar-refractivity contribution in [2.24, 2.45) is 0 Å². The number of hydrogen-bond acceptors (Lipinski definition) is 4. The van der Waals surface area contributed by atoms with Crippen molar-refractivity contribution < 1.29 is 18.7 Å². The summed E-state index contributed by atoms with van der Waals surface area (Å²) in [6, 6.07) is 12.6. The quantitative estimate of drug-likeness (QED) is 0.598. The summed E-state index contributed by atoms with van der Waals surface area (Å²) in [7, 11) is 1.60. The Kier molecular flexibility index (Phi) is 7.73. The van der Waals surface area contributed by atoms with Crippen molar-refractivity contribution in [2.75, 3.05) is 32.1 Å². The van der Waals surface area contributed by atoms with Gasteiger partial charge in [-0.3, -0.25) is 9.59 Å². The maximum atomic E-state index is 13.2. The van der Waals surface area contributed by atoms with E-state index < -0.39 is 11.7 Å². The molecule has 0 aliphatic carbocycles. The number of nitrogens with one attached hydrogen (secondary N) is 3. The fraction of sp³-hybridized carbons (Fsp3) is 0.263. The average molecular weight is 359 g/mol. The molecule has 0 unspecified atom stereocenters. The Bertz CT molecular complexity index is 752. The van der Waals surface area contributed by atoms with Crippen molar-refractivity contribution in [3.63, 3.8) is 0 Å². The maximum absolute atomic E-state index is 13.2. The fourth-order valence-electron chi connectivity index (χ4n) is 2.23. The summed E-state index contributed by atoms with van der Waals surface area (Å²) in [5, 5.41) is 8.47. The first-order valence-electron chi connectivity index (χ1n) is 8.20. The van der Waals surface area contributed by atoms with Gasteiger partial charge in [-0.25, -0.2) is 4.39 Å². The molecular formula is C19H22FN3O3. The summed E-state index contributed by atoms with van der Waals surface area (Å²) in [5.41, 5.74) is 1.65. The van der Waals surface area contributed by atoms with Crippen molar-refractivity contribution in [1.29, 1.82) is 0 Å². The van der Waals surface area contributed by atoms with Crippen molar-refractivity contribution in [3.8, 4) is 0 Å². The minimum absolute atomic E-state index is 0.129. The Hall–Kier alpha value is -2.77. The molecular weight excluding hydrogens is 337 g/mol. The van der Waals surface area contributed by atoms with E-state index in [4.69, 9.17) is 4.74 Å². The zero-order chi connectivity index (χ0) is 18.8. The van der Waals surface area contributed by atoms with Gasteiger partial charge in [0.1, 0.15) is 5.82 Å². The molecule has 0 heterocycles. The molecule has 6 nitrogen and oxygen atoms in total. The van der Waals surface area contributed by atoms with Crippen LogP contribution in [0.15, 0.2) is 48.5 Å². The Morgan fingerprint density at radius 3 is 2.69 bits per heavy atom. The van der Waals surface area contributed by atoms with Gasteiger partial charge < -0.3 is 20.7 Å². The van der Waals surface area contributed by atoms with Gasteiger partial charge in [0.2, 0.25) is 5.91 Å². The monoisotopic (exact) mass is 359 g/mol. The van der Waals surface area contributed by atoms with Crippen LogP contribution in [0.3, 0.4) is 0 Å². The van der Waals surface area contributed by atoms with E-state index in [2.05, 4.69) is 16.0 Å². The molecule has 0 saturated carbocycles. The van der Waals surface area contributed by atoms with Crippen LogP contribution in [-0.2, 0) is 16.1 Å². The Morgan fingerprint density at radius 2 is 1.92 bits per heavy atom. The summed E-state index contributed by atoms with van der Waals surface area (Å²) < 4.78 is 18.1. The topological polar surface area (TPSA) is 79.5 Å². The third-order valence-electron chi connectivity index (χ3n) is 3.53. The zero-order valence-corrected chi connectivity index (χ0v) is 14.5. The van der Waals surface area contributed by atoms with Crippen LogP contribution >= 0.6 is 0 Å². The van der Waals surface area contributed by atoms with Gasteiger partial charge in [-0.15, -0.1) is 0 Å². The number of amides is 2. The second kappa shape index (κ2) is 10.3. The smallest absolute Gasteiger partial charge is 0.255 e. The third kappa shape index (κ3) is 6.62. The molecule has 0 radical (unpaired) electrons. The number of benzene rings is 2. The highest BCUT2D eigenvalue weighted by Gasteiger charge is 2.07. The van der Waals surface area contributed by atoms with Crippen LogP contribution < -0.4 is 16.0 Å². The summed E-state index contributed by atoms with van der Waals surface area (Å²) in [5.74, 6) is -0.989. The lowest BCUT2D eigenvalue weighted by Gasteiger charge is -2.09. The van der Waals surface area contributed by atoms with Crippen LogP contribution in [0.25, 0.3) is 0 Å². The lowest BCUT2D eigenvalue weighted by atomic mass is 10.1. The van der Waals surface area contributed by atoms with Crippen LogP contribution in [0.4, 0.5) is 10.1 Å². The lowest BCUT2D eigenvalue weighted by Crippen LogP contribution is -2.34. The number of halogens is 1. The highest BCUT2D eigenvalue weighted by Crippen LogP contribution is 2.13. The van der Waals surface area contributed by atoms with Crippen LogP contribution in [0.5, 0.6) is 0 Å². The molecule has 138 valence electrons. The first-order valence-corrected chi connectivity index (χ1v) is 8.20. The van der Waals surface area contributed by atoms with E-state index in [1.165, 1.54) is 18.2 Å². The second-order valence-electron chi connectivity index (χ2n) is 5.61. The molecule has 0 fully saturated rings. The number of anilines is 1. The number of methoxy groups -OCH3 is 1. The lowest BCUT2D eigenvalue weighted by molar-refractivity contribution is -0.120. The van der Waals surface area contributed by atoms with E-state index in [1.54, 1.807) is 31.4 Å². The van der Waals surface area contributed by atoms with Gasteiger partial charge in [0.05, 0.1) is 13.2 Å². The van der Waals surface area contributed by atoms with E-state index in [0.29, 0.717) is 25.4 Å². The number of hydrogen-bond donors (Lipinski definition) is 3. The number of rotatable bonds is 9. The standard InChI is InChI=1S/C19H22FN3O3/c1-26-9-8-21-13-18(24)22-12-14-4-2-7-17(10-14)23-19(25)15-5-3-6-16(20)11-15/h2-7,10-11,21H,8-9,12-13H2,1H3,(H,22,24)(H,23,25). The normalized spacial score (nSPS) is 10.4. The van der Waals surface area contributed by atoms with Crippen molar-refractivity contribution in [1.82, 2.24) is 10.6 Å². The Labute approximate surface area is 151 Å². The molecule has 2 aromatic carbocycles. The van der Waals surface area contributed by atoms with Crippen LogP contribution in [0.2, 0.25) is 0 Å². The first kappa shape index (κ1) is 19.6. The van der Waals surface area contributed by atoms with Gasteiger partial charge in [0.25, 0.3) is 5.91 Å². The minimum Gasteiger partial charge on any atom is -0.383 e. The largest absolute Gasteiger partial charge is 0.383 e. The van der Waals surface area contributed by atoms with Gasteiger partial charge in [0.15, 0.2) is 0 Å². The highest BCUT2D eigenvalue weighted by atomic mass is 19.1. The fourth-order valence-corrected chi connectivity index (χ4v) is 2.23. The summed E-state index contributed by atoms with van der Waals surface area (Å²) in [6.07, 6.45) is 0. The van der Waals surface area contributed by atoms with Gasteiger partial charge >= 0.3 is 0 Å². The van der Waals surface area contributed by atoms with Crippen molar-refractivity contribution in [2.45, 2.75) is 6.54 Å². The van der Waals surface area contributed by atoms with E-state index in [-0.39, 0.29) is 18.0 Å². The molecule has 0 atom stereocenters. The molecule has 0 aliphatic heterocycles. The van der Waals surface area contributed by atoms with Gasteiger partial charge in [-0.1, -0.05) is 18.2 Å². The molecule has 0 aromatic heterocycles. The van der Waals surface area contributed by atoms with Gasteiger partial charge in [-0.05, 0) is 35.9 Å². The highest BCUT2D eigenvalue weighted by molar-refractivity contribution is 6.04. The third-order valence-corrected chi connectivity index (χ3v) is 3.53. The SMILES string of the molecule is COCCNCC(=O)NCc1cccc(NC(=O)c2cccc(F)c2)c1. The first-order chi connectivity index (χ1) is 12.6. The number of carbonyl (C=O) groups excluding carboxylic acids is 2. The molecule has 2 amide bonds. The van der Waals surface area contributed by atoms with Crippen molar-refractivity contribution in [3.05, 3.63) is 65.5 Å². The molecule has 0 spiro atoms. The predicted octanol–water partition coefficient (Wildman–Crippen LogP) is 1.93. The minimum atomic E-state index is -0.465. The van der Waals surface area contributed by atoms with Crippen LogP contribution in [-0.4, -0.2) is 38.6 Å². The van der Waals surface area contributed by atoms with E-state index in [1.807, 2.05) is 6.07 Å². The van der Waals surface area contributed by atoms with Crippen LogP contribution in [0.1, 0.15) is 15.9 Å². The molecule has 2 aromatic rings. The second-order valence-corrected chi connectivity index (χ2v) is 5.61. The van der Waals surface area contributed by atoms with Crippen molar-refractivity contribution >= 4 is 17.5 Å². The molecule has 26 heavy (non-hydrogen) atoms. The van der Waals surface area contributed by atoms with Crippen LogP contribution in [0, 0.1) is 5.82 Å². The maximum Gasteiger partial charge on any atom is 0.255 e. The molecule has 0 bridgehead atoms.